The molecule has 0 aliphatic heterocycles. The summed E-state index contributed by atoms with van der Waals surface area (Å²) in [6.07, 6.45) is -0.806. The third kappa shape index (κ3) is 2.73. The second kappa shape index (κ2) is 5.12. The molecule has 0 spiro atoms. The van der Waals surface area contributed by atoms with E-state index in [4.69, 9.17) is 0 Å². The number of nitrogens with zero attached hydrogens (tertiary/aromatic N) is 1. The molecule has 2 rings (SSSR count). The standard InChI is InChI=1S/C13H13F2NOS/c1-7-13(18-8(2)16-7)12(17)6-9-5-10(14)3-4-11(9)15/h3-5,12,17H,6H2,1-2H3. The Balaban J connectivity index is 2.23. The van der Waals surface area contributed by atoms with Crippen LogP contribution in [0.15, 0.2) is 18.2 Å². The van der Waals surface area contributed by atoms with Crippen molar-refractivity contribution in [2.45, 2.75) is 26.4 Å². The number of hydrogen-bond donors (Lipinski definition) is 1. The first-order chi connectivity index (χ1) is 8.47. The molecule has 1 atom stereocenters. The van der Waals surface area contributed by atoms with Crippen LogP contribution in [0.4, 0.5) is 8.78 Å². The van der Waals surface area contributed by atoms with Crippen LogP contribution in [0, 0.1) is 25.5 Å². The van der Waals surface area contributed by atoms with Crippen molar-refractivity contribution in [1.82, 2.24) is 4.98 Å². The summed E-state index contributed by atoms with van der Waals surface area (Å²) in [4.78, 5) is 4.91. The molecule has 0 aliphatic carbocycles. The van der Waals surface area contributed by atoms with Crippen LogP contribution in [0.5, 0.6) is 0 Å². The van der Waals surface area contributed by atoms with Crippen LogP contribution >= 0.6 is 11.3 Å². The van der Waals surface area contributed by atoms with Gasteiger partial charge in [0.2, 0.25) is 0 Å². The van der Waals surface area contributed by atoms with Crippen LogP contribution in [0.25, 0.3) is 0 Å². The van der Waals surface area contributed by atoms with E-state index in [2.05, 4.69) is 4.98 Å². The highest BCUT2D eigenvalue weighted by Crippen LogP contribution is 2.28. The van der Waals surface area contributed by atoms with Crippen LogP contribution in [0.2, 0.25) is 0 Å². The lowest BCUT2D eigenvalue weighted by atomic mass is 10.1. The maximum absolute atomic E-state index is 13.5. The van der Waals surface area contributed by atoms with E-state index in [0.717, 1.165) is 28.9 Å². The minimum atomic E-state index is -0.854. The Morgan fingerprint density at radius 3 is 2.67 bits per heavy atom. The Hall–Kier alpha value is -1.33. The summed E-state index contributed by atoms with van der Waals surface area (Å²) in [7, 11) is 0. The molecule has 0 radical (unpaired) electrons. The van der Waals surface area contributed by atoms with Gasteiger partial charge >= 0.3 is 0 Å². The predicted octanol–water partition coefficient (Wildman–Crippen LogP) is 3.31. The fourth-order valence-corrected chi connectivity index (χ4v) is 2.77. The van der Waals surface area contributed by atoms with Crippen molar-refractivity contribution in [2.24, 2.45) is 0 Å². The van der Waals surface area contributed by atoms with Gasteiger partial charge in [-0.15, -0.1) is 11.3 Å². The van der Waals surface area contributed by atoms with Crippen molar-refractivity contribution < 1.29 is 13.9 Å². The molecule has 5 heteroatoms. The molecule has 0 amide bonds. The second-order valence-electron chi connectivity index (χ2n) is 4.14. The highest BCUT2D eigenvalue weighted by molar-refractivity contribution is 7.11. The predicted molar refractivity (Wildman–Crippen MR) is 66.6 cm³/mol. The van der Waals surface area contributed by atoms with E-state index in [1.165, 1.54) is 11.3 Å². The van der Waals surface area contributed by atoms with Crippen molar-refractivity contribution in [3.05, 3.63) is 51.0 Å². The largest absolute Gasteiger partial charge is 0.387 e. The van der Waals surface area contributed by atoms with E-state index >= 15 is 0 Å². The molecule has 0 fully saturated rings. The molecule has 1 aromatic heterocycles. The van der Waals surface area contributed by atoms with Crippen molar-refractivity contribution in [3.63, 3.8) is 0 Å². The lowest BCUT2D eigenvalue weighted by Gasteiger charge is -2.10. The molecule has 2 nitrogen and oxygen atoms in total. The van der Waals surface area contributed by atoms with Gasteiger partial charge in [0.05, 0.1) is 21.7 Å². The molecule has 1 N–H and O–H groups in total. The molecule has 0 saturated carbocycles. The number of halogens is 2. The number of aliphatic hydroxyl groups excluding tert-OH is 1. The summed E-state index contributed by atoms with van der Waals surface area (Å²) >= 11 is 1.37. The summed E-state index contributed by atoms with van der Waals surface area (Å²) in [6.45, 7) is 3.64. The quantitative estimate of drug-likeness (QED) is 0.927. The SMILES string of the molecule is Cc1nc(C)c(C(O)Cc2cc(F)ccc2F)s1. The van der Waals surface area contributed by atoms with E-state index in [-0.39, 0.29) is 12.0 Å². The first-order valence-electron chi connectivity index (χ1n) is 5.53. The molecule has 18 heavy (non-hydrogen) atoms. The van der Waals surface area contributed by atoms with E-state index < -0.39 is 17.7 Å². The van der Waals surface area contributed by atoms with E-state index in [9.17, 15) is 13.9 Å². The zero-order chi connectivity index (χ0) is 13.3. The van der Waals surface area contributed by atoms with Gasteiger partial charge in [0.1, 0.15) is 11.6 Å². The van der Waals surface area contributed by atoms with Gasteiger partial charge in [0.25, 0.3) is 0 Å². The van der Waals surface area contributed by atoms with Gasteiger partial charge in [0, 0.05) is 6.42 Å². The van der Waals surface area contributed by atoms with Crippen LogP contribution in [0.3, 0.4) is 0 Å². The third-order valence-corrected chi connectivity index (χ3v) is 3.84. The molecular formula is C13H13F2NOS. The van der Waals surface area contributed by atoms with Gasteiger partial charge in [-0.3, -0.25) is 0 Å². The van der Waals surface area contributed by atoms with Crippen molar-refractivity contribution in [1.29, 1.82) is 0 Å². The summed E-state index contributed by atoms with van der Waals surface area (Å²) in [5.74, 6) is -1.01. The van der Waals surface area contributed by atoms with Gasteiger partial charge in [-0.25, -0.2) is 13.8 Å². The molecule has 96 valence electrons. The lowest BCUT2D eigenvalue weighted by molar-refractivity contribution is 0.180. The summed E-state index contributed by atoms with van der Waals surface area (Å²) in [5, 5.41) is 10.9. The molecular weight excluding hydrogens is 256 g/mol. The van der Waals surface area contributed by atoms with Gasteiger partial charge in [0.15, 0.2) is 0 Å². The highest BCUT2D eigenvalue weighted by Gasteiger charge is 2.17. The van der Waals surface area contributed by atoms with Crippen LogP contribution in [-0.4, -0.2) is 10.1 Å². The van der Waals surface area contributed by atoms with E-state index in [0.29, 0.717) is 4.88 Å². The number of benzene rings is 1. The summed E-state index contributed by atoms with van der Waals surface area (Å²) < 4.78 is 26.5. The smallest absolute Gasteiger partial charge is 0.126 e. The topological polar surface area (TPSA) is 33.1 Å². The fraction of sp³-hybridized carbons (Fsp3) is 0.308. The Morgan fingerprint density at radius 2 is 2.06 bits per heavy atom. The van der Waals surface area contributed by atoms with E-state index in [1.54, 1.807) is 6.92 Å². The molecule has 0 aliphatic rings. The maximum Gasteiger partial charge on any atom is 0.126 e. The molecule has 1 aromatic carbocycles. The highest BCUT2D eigenvalue weighted by atomic mass is 32.1. The number of aromatic nitrogens is 1. The molecule has 1 heterocycles. The van der Waals surface area contributed by atoms with Crippen LogP contribution < -0.4 is 0 Å². The van der Waals surface area contributed by atoms with Crippen molar-refractivity contribution in [2.75, 3.05) is 0 Å². The average molecular weight is 269 g/mol. The Morgan fingerprint density at radius 1 is 1.33 bits per heavy atom. The molecule has 0 bridgehead atoms. The van der Waals surface area contributed by atoms with E-state index in [1.807, 2.05) is 6.92 Å². The van der Waals surface area contributed by atoms with Crippen molar-refractivity contribution in [3.8, 4) is 0 Å². The number of aryl methyl sites for hydroxylation is 2. The van der Waals surface area contributed by atoms with Gasteiger partial charge in [-0.1, -0.05) is 0 Å². The second-order valence-corrected chi connectivity index (χ2v) is 5.37. The molecule has 0 saturated heterocycles. The summed E-state index contributed by atoms with van der Waals surface area (Å²) in [5.41, 5.74) is 0.912. The fourth-order valence-electron chi connectivity index (χ4n) is 1.86. The normalized spacial score (nSPS) is 12.7. The number of thiazole rings is 1. The number of aliphatic hydroxyl groups is 1. The zero-order valence-electron chi connectivity index (χ0n) is 10.1. The third-order valence-electron chi connectivity index (χ3n) is 2.66. The Labute approximate surface area is 108 Å². The van der Waals surface area contributed by atoms with Gasteiger partial charge in [-0.05, 0) is 37.6 Å². The maximum atomic E-state index is 13.5. The van der Waals surface area contributed by atoms with Crippen LogP contribution in [-0.2, 0) is 6.42 Å². The number of hydrogen-bond acceptors (Lipinski definition) is 3. The monoisotopic (exact) mass is 269 g/mol. The first-order valence-corrected chi connectivity index (χ1v) is 6.35. The van der Waals surface area contributed by atoms with Gasteiger partial charge < -0.3 is 5.11 Å². The minimum absolute atomic E-state index is 0.0477. The first kappa shape index (κ1) is 13.1. The zero-order valence-corrected chi connectivity index (χ0v) is 10.9. The Bertz CT molecular complexity index is 568. The Kier molecular flexibility index (Phi) is 3.73. The number of rotatable bonds is 3. The summed E-state index contributed by atoms with van der Waals surface area (Å²) in [6, 6.07) is 3.25. The van der Waals surface area contributed by atoms with Crippen LogP contribution in [0.1, 0.15) is 27.2 Å². The average Bonchev–Trinajstić information content (AvgIpc) is 2.63. The minimum Gasteiger partial charge on any atom is -0.387 e. The molecule has 2 aromatic rings. The lowest BCUT2D eigenvalue weighted by Crippen LogP contribution is -2.03. The molecule has 1 unspecified atom stereocenters. The van der Waals surface area contributed by atoms with Crippen molar-refractivity contribution >= 4 is 11.3 Å². The van der Waals surface area contributed by atoms with Gasteiger partial charge in [-0.2, -0.15) is 0 Å².